The van der Waals surface area contributed by atoms with Crippen molar-refractivity contribution in [2.24, 2.45) is 0 Å². The number of aryl methyl sites for hydroxylation is 1. The minimum atomic E-state index is -0.579. The first-order valence-electron chi connectivity index (χ1n) is 10.6. The van der Waals surface area contributed by atoms with Crippen molar-refractivity contribution < 1.29 is 14.1 Å². The lowest BCUT2D eigenvalue weighted by atomic mass is 9.87. The van der Waals surface area contributed by atoms with E-state index in [4.69, 9.17) is 9.26 Å². The molecule has 1 aromatic heterocycles. The maximum Gasteiger partial charge on any atom is 0.263 e. The van der Waals surface area contributed by atoms with Crippen molar-refractivity contribution in [3.63, 3.8) is 0 Å². The number of hydrogen-bond donors (Lipinski definition) is 0. The number of aromatic nitrogens is 2. The summed E-state index contributed by atoms with van der Waals surface area (Å²) in [4.78, 5) is 18.9. The Bertz CT molecular complexity index is 1000. The standard InChI is InChI=1S/C25H31N3O3/c1-7-21(30-20-14-12-19(13-15-20)25(3,4)5)24(29)28(6)16-22-26-23(27-31-22)18-10-8-17(2)9-11-18/h8-15,21H,7,16H2,1-6H3. The summed E-state index contributed by atoms with van der Waals surface area (Å²) in [5.41, 5.74) is 3.33. The first-order chi connectivity index (χ1) is 14.7. The van der Waals surface area contributed by atoms with E-state index in [-0.39, 0.29) is 17.9 Å². The molecule has 164 valence electrons. The predicted molar refractivity (Wildman–Crippen MR) is 121 cm³/mol. The summed E-state index contributed by atoms with van der Waals surface area (Å²) < 4.78 is 11.3. The highest BCUT2D eigenvalue weighted by molar-refractivity contribution is 5.81. The van der Waals surface area contributed by atoms with Gasteiger partial charge in [-0.05, 0) is 36.5 Å². The second-order valence-corrected chi connectivity index (χ2v) is 8.86. The molecule has 3 aromatic rings. The molecule has 0 radical (unpaired) electrons. The van der Waals surface area contributed by atoms with Gasteiger partial charge in [-0.1, -0.05) is 74.8 Å². The van der Waals surface area contributed by atoms with Crippen LogP contribution in [0.4, 0.5) is 0 Å². The normalized spacial score (nSPS) is 12.5. The molecule has 0 N–H and O–H groups in total. The van der Waals surface area contributed by atoms with Gasteiger partial charge < -0.3 is 14.2 Å². The van der Waals surface area contributed by atoms with Gasteiger partial charge in [0.1, 0.15) is 5.75 Å². The van der Waals surface area contributed by atoms with Crippen LogP contribution in [0.3, 0.4) is 0 Å². The second-order valence-electron chi connectivity index (χ2n) is 8.86. The number of ether oxygens (including phenoxy) is 1. The molecular formula is C25H31N3O3. The van der Waals surface area contributed by atoms with Crippen LogP contribution >= 0.6 is 0 Å². The molecule has 6 heteroatoms. The molecule has 0 aliphatic heterocycles. The van der Waals surface area contributed by atoms with Gasteiger partial charge >= 0.3 is 0 Å². The average molecular weight is 422 g/mol. The van der Waals surface area contributed by atoms with Crippen molar-refractivity contribution in [1.82, 2.24) is 15.0 Å². The van der Waals surface area contributed by atoms with Gasteiger partial charge in [0.25, 0.3) is 5.91 Å². The maximum absolute atomic E-state index is 12.9. The van der Waals surface area contributed by atoms with Crippen LogP contribution in [-0.4, -0.2) is 34.1 Å². The highest BCUT2D eigenvalue weighted by Gasteiger charge is 2.24. The van der Waals surface area contributed by atoms with Crippen LogP contribution in [0, 0.1) is 6.92 Å². The number of amides is 1. The van der Waals surface area contributed by atoms with Gasteiger partial charge in [-0.3, -0.25) is 4.79 Å². The SMILES string of the molecule is CCC(Oc1ccc(C(C)(C)C)cc1)C(=O)N(C)Cc1nc(-c2ccc(C)cc2)no1. The number of carbonyl (C=O) groups excluding carboxylic acids is 1. The third-order valence-electron chi connectivity index (χ3n) is 5.17. The van der Waals surface area contributed by atoms with Gasteiger partial charge in [0, 0.05) is 12.6 Å². The van der Waals surface area contributed by atoms with E-state index in [9.17, 15) is 4.79 Å². The van der Waals surface area contributed by atoms with E-state index < -0.39 is 6.10 Å². The lowest BCUT2D eigenvalue weighted by Crippen LogP contribution is -2.39. The summed E-state index contributed by atoms with van der Waals surface area (Å²) >= 11 is 0. The Labute approximate surface area is 184 Å². The quantitative estimate of drug-likeness (QED) is 0.527. The van der Waals surface area contributed by atoms with E-state index >= 15 is 0 Å². The molecular weight excluding hydrogens is 390 g/mol. The van der Waals surface area contributed by atoms with Crippen LogP contribution in [0.2, 0.25) is 0 Å². The van der Waals surface area contributed by atoms with Gasteiger partial charge in [-0.15, -0.1) is 0 Å². The lowest BCUT2D eigenvalue weighted by molar-refractivity contribution is -0.138. The zero-order valence-electron chi connectivity index (χ0n) is 19.2. The van der Waals surface area contributed by atoms with E-state index in [0.29, 0.717) is 23.9 Å². The Balaban J connectivity index is 1.63. The topological polar surface area (TPSA) is 68.5 Å². The van der Waals surface area contributed by atoms with Crippen molar-refractivity contribution >= 4 is 5.91 Å². The Morgan fingerprint density at radius 3 is 2.32 bits per heavy atom. The maximum atomic E-state index is 12.9. The summed E-state index contributed by atoms with van der Waals surface area (Å²) in [7, 11) is 1.72. The largest absolute Gasteiger partial charge is 0.481 e. The van der Waals surface area contributed by atoms with Gasteiger partial charge in [0.05, 0.1) is 6.54 Å². The zero-order chi connectivity index (χ0) is 22.6. The summed E-state index contributed by atoms with van der Waals surface area (Å²) in [5.74, 6) is 1.45. The molecule has 0 aliphatic carbocycles. The summed E-state index contributed by atoms with van der Waals surface area (Å²) in [6.45, 7) is 10.7. The number of hydrogen-bond acceptors (Lipinski definition) is 5. The van der Waals surface area contributed by atoms with Gasteiger partial charge in [0.2, 0.25) is 11.7 Å². The molecule has 1 atom stereocenters. The smallest absolute Gasteiger partial charge is 0.263 e. The Kier molecular flexibility index (Phi) is 6.78. The third kappa shape index (κ3) is 5.72. The van der Waals surface area contributed by atoms with Crippen molar-refractivity contribution in [3.8, 4) is 17.1 Å². The zero-order valence-corrected chi connectivity index (χ0v) is 19.2. The van der Waals surface area contributed by atoms with Crippen LogP contribution in [0.15, 0.2) is 53.1 Å². The molecule has 31 heavy (non-hydrogen) atoms. The number of carbonyl (C=O) groups is 1. The molecule has 3 rings (SSSR count). The van der Waals surface area contributed by atoms with E-state index in [1.807, 2.05) is 62.4 Å². The molecule has 0 aliphatic rings. The molecule has 2 aromatic carbocycles. The fourth-order valence-corrected chi connectivity index (χ4v) is 3.17. The highest BCUT2D eigenvalue weighted by Crippen LogP contribution is 2.25. The Morgan fingerprint density at radius 2 is 1.74 bits per heavy atom. The van der Waals surface area contributed by atoms with Crippen molar-refractivity contribution in [3.05, 3.63) is 65.5 Å². The van der Waals surface area contributed by atoms with E-state index in [1.54, 1.807) is 11.9 Å². The number of rotatable bonds is 7. The van der Waals surface area contributed by atoms with Crippen LogP contribution in [0.1, 0.15) is 51.1 Å². The molecule has 6 nitrogen and oxygen atoms in total. The first kappa shape index (κ1) is 22.5. The van der Waals surface area contributed by atoms with Crippen LogP contribution in [0.25, 0.3) is 11.4 Å². The number of benzene rings is 2. The van der Waals surface area contributed by atoms with Crippen LogP contribution < -0.4 is 4.74 Å². The molecule has 1 amide bonds. The molecule has 0 bridgehead atoms. The number of nitrogens with zero attached hydrogens (tertiary/aromatic N) is 3. The van der Waals surface area contributed by atoms with Gasteiger partial charge in [-0.25, -0.2) is 0 Å². The summed E-state index contributed by atoms with van der Waals surface area (Å²) in [5, 5.41) is 4.03. The van der Waals surface area contributed by atoms with Crippen LogP contribution in [-0.2, 0) is 16.8 Å². The minimum Gasteiger partial charge on any atom is -0.481 e. The van der Waals surface area contributed by atoms with E-state index in [0.717, 1.165) is 11.1 Å². The molecule has 0 spiro atoms. The highest BCUT2D eigenvalue weighted by atomic mass is 16.5. The Hall–Kier alpha value is -3.15. The fraction of sp³-hybridized carbons (Fsp3) is 0.400. The van der Waals surface area contributed by atoms with Gasteiger partial charge in [-0.2, -0.15) is 4.98 Å². The van der Waals surface area contributed by atoms with E-state index in [1.165, 1.54) is 5.56 Å². The first-order valence-corrected chi connectivity index (χ1v) is 10.6. The van der Waals surface area contributed by atoms with Crippen molar-refractivity contribution in [2.75, 3.05) is 7.05 Å². The molecule has 0 saturated carbocycles. The van der Waals surface area contributed by atoms with Crippen molar-refractivity contribution in [1.29, 1.82) is 0 Å². The van der Waals surface area contributed by atoms with E-state index in [2.05, 4.69) is 30.9 Å². The van der Waals surface area contributed by atoms with Gasteiger partial charge in [0.15, 0.2) is 6.10 Å². The second kappa shape index (κ2) is 9.33. The lowest BCUT2D eigenvalue weighted by Gasteiger charge is -2.23. The fourth-order valence-electron chi connectivity index (χ4n) is 3.17. The molecule has 0 saturated heterocycles. The average Bonchev–Trinajstić information content (AvgIpc) is 3.20. The van der Waals surface area contributed by atoms with Crippen LogP contribution in [0.5, 0.6) is 5.75 Å². The summed E-state index contributed by atoms with van der Waals surface area (Å²) in [6.07, 6.45) is -0.0205. The summed E-state index contributed by atoms with van der Waals surface area (Å²) in [6, 6.07) is 15.8. The minimum absolute atomic E-state index is 0.0697. The molecule has 0 fully saturated rings. The predicted octanol–water partition coefficient (Wildman–Crippen LogP) is 5.16. The molecule has 1 unspecified atom stereocenters. The number of likely N-dealkylation sites (N-methyl/N-ethyl adjacent to an activating group) is 1. The monoisotopic (exact) mass is 421 g/mol. The molecule has 1 heterocycles. The third-order valence-corrected chi connectivity index (χ3v) is 5.17. The Morgan fingerprint density at radius 1 is 1.10 bits per heavy atom. The van der Waals surface area contributed by atoms with Crippen molar-refractivity contribution in [2.45, 2.75) is 59.1 Å².